The molecular formula is C11H15ClN2O2. The summed E-state index contributed by atoms with van der Waals surface area (Å²) in [6.45, 7) is 1.74. The molecule has 0 fully saturated rings. The quantitative estimate of drug-likeness (QED) is 0.650. The molecule has 0 aliphatic carbocycles. The fraction of sp³-hybridized carbons (Fsp3) is 0.364. The molecule has 0 aliphatic heterocycles. The zero-order valence-electron chi connectivity index (χ0n) is 9.53. The van der Waals surface area contributed by atoms with Crippen LogP contribution in [0.5, 0.6) is 0 Å². The number of ether oxygens (including phenoxy) is 1. The van der Waals surface area contributed by atoms with Crippen molar-refractivity contribution in [3.63, 3.8) is 0 Å². The van der Waals surface area contributed by atoms with Crippen LogP contribution in [0.3, 0.4) is 0 Å². The van der Waals surface area contributed by atoms with E-state index in [1.54, 1.807) is 37.1 Å². The van der Waals surface area contributed by atoms with Crippen molar-refractivity contribution in [2.75, 3.05) is 24.8 Å². The van der Waals surface area contributed by atoms with Gasteiger partial charge in [-0.05, 0) is 25.1 Å². The van der Waals surface area contributed by atoms with Crippen molar-refractivity contribution in [3.05, 3.63) is 23.2 Å². The molecule has 16 heavy (non-hydrogen) atoms. The summed E-state index contributed by atoms with van der Waals surface area (Å²) >= 11 is 5.88. The molecule has 4 nitrogen and oxygen atoms in total. The molecule has 1 rings (SSSR count). The van der Waals surface area contributed by atoms with Crippen LogP contribution >= 0.6 is 11.6 Å². The highest BCUT2D eigenvalue weighted by molar-refractivity contribution is 6.31. The largest absolute Gasteiger partial charge is 0.467 e. The Morgan fingerprint density at radius 3 is 2.75 bits per heavy atom. The van der Waals surface area contributed by atoms with E-state index in [0.29, 0.717) is 16.4 Å². The molecule has 88 valence electrons. The molecule has 1 atom stereocenters. The predicted molar refractivity (Wildman–Crippen MR) is 65.7 cm³/mol. The monoisotopic (exact) mass is 242 g/mol. The number of hydrogen-bond acceptors (Lipinski definition) is 4. The van der Waals surface area contributed by atoms with Crippen molar-refractivity contribution in [2.45, 2.75) is 13.0 Å². The number of nitrogen functional groups attached to an aromatic ring is 1. The highest BCUT2D eigenvalue weighted by Crippen LogP contribution is 2.27. The van der Waals surface area contributed by atoms with Crippen LogP contribution < -0.4 is 10.6 Å². The Hall–Kier alpha value is -1.42. The first-order chi connectivity index (χ1) is 7.47. The van der Waals surface area contributed by atoms with Gasteiger partial charge in [0.15, 0.2) is 0 Å². The Morgan fingerprint density at radius 1 is 1.56 bits per heavy atom. The third-order valence-corrected chi connectivity index (χ3v) is 2.73. The van der Waals surface area contributed by atoms with Crippen molar-refractivity contribution in [2.24, 2.45) is 0 Å². The normalized spacial score (nSPS) is 12.0. The van der Waals surface area contributed by atoms with E-state index in [2.05, 4.69) is 4.74 Å². The molecule has 0 aliphatic rings. The van der Waals surface area contributed by atoms with Crippen LogP contribution in [0.25, 0.3) is 0 Å². The summed E-state index contributed by atoms with van der Waals surface area (Å²) < 4.78 is 4.67. The molecule has 0 aromatic heterocycles. The fourth-order valence-electron chi connectivity index (χ4n) is 1.36. The zero-order valence-corrected chi connectivity index (χ0v) is 10.3. The second-order valence-corrected chi connectivity index (χ2v) is 3.95. The van der Waals surface area contributed by atoms with Crippen LogP contribution in [0.2, 0.25) is 5.02 Å². The van der Waals surface area contributed by atoms with E-state index in [1.165, 1.54) is 7.11 Å². The van der Waals surface area contributed by atoms with Crippen LogP contribution in [-0.2, 0) is 9.53 Å². The van der Waals surface area contributed by atoms with Crippen molar-refractivity contribution in [1.29, 1.82) is 0 Å². The van der Waals surface area contributed by atoms with Gasteiger partial charge in [-0.3, -0.25) is 0 Å². The molecule has 0 bridgehead atoms. The Morgan fingerprint density at radius 2 is 2.19 bits per heavy atom. The standard InChI is InChI=1S/C11H15ClN2O2/c1-7(11(15)16-3)14(2)10-6-8(12)4-5-9(10)13/h4-7H,13H2,1-3H3. The number of hydrogen-bond donors (Lipinski definition) is 1. The summed E-state index contributed by atoms with van der Waals surface area (Å²) in [5.74, 6) is -0.318. The number of carbonyl (C=O) groups is 1. The Balaban J connectivity index is 2.99. The summed E-state index contributed by atoms with van der Waals surface area (Å²) in [6.07, 6.45) is 0. The van der Waals surface area contributed by atoms with Crippen LogP contribution in [0.1, 0.15) is 6.92 Å². The number of rotatable bonds is 3. The van der Waals surface area contributed by atoms with Gasteiger partial charge in [0, 0.05) is 12.1 Å². The molecule has 1 unspecified atom stereocenters. The second-order valence-electron chi connectivity index (χ2n) is 3.51. The maximum atomic E-state index is 11.4. The summed E-state index contributed by atoms with van der Waals surface area (Å²) in [7, 11) is 3.12. The molecule has 0 heterocycles. The van der Waals surface area contributed by atoms with Crippen molar-refractivity contribution < 1.29 is 9.53 Å². The third kappa shape index (κ3) is 2.58. The van der Waals surface area contributed by atoms with Gasteiger partial charge in [0.2, 0.25) is 0 Å². The summed E-state index contributed by atoms with van der Waals surface area (Å²) in [5, 5.41) is 0.577. The minimum atomic E-state index is -0.411. The summed E-state index contributed by atoms with van der Waals surface area (Å²) in [5.41, 5.74) is 7.10. The number of halogens is 1. The molecule has 0 saturated carbocycles. The van der Waals surface area contributed by atoms with Crippen LogP contribution in [0.15, 0.2) is 18.2 Å². The zero-order chi connectivity index (χ0) is 12.3. The lowest BCUT2D eigenvalue weighted by Gasteiger charge is -2.26. The topological polar surface area (TPSA) is 55.6 Å². The van der Waals surface area contributed by atoms with Gasteiger partial charge in [-0.1, -0.05) is 11.6 Å². The molecule has 1 aromatic rings. The first-order valence-corrected chi connectivity index (χ1v) is 5.21. The van der Waals surface area contributed by atoms with E-state index >= 15 is 0 Å². The van der Waals surface area contributed by atoms with E-state index in [1.807, 2.05) is 0 Å². The Labute approximate surface area is 99.9 Å². The first-order valence-electron chi connectivity index (χ1n) is 4.83. The van der Waals surface area contributed by atoms with Gasteiger partial charge in [0.1, 0.15) is 6.04 Å². The van der Waals surface area contributed by atoms with Crippen molar-refractivity contribution >= 4 is 28.9 Å². The maximum Gasteiger partial charge on any atom is 0.328 e. The maximum absolute atomic E-state index is 11.4. The number of benzene rings is 1. The van der Waals surface area contributed by atoms with E-state index in [4.69, 9.17) is 17.3 Å². The van der Waals surface area contributed by atoms with Gasteiger partial charge in [-0.2, -0.15) is 0 Å². The average molecular weight is 243 g/mol. The molecular weight excluding hydrogens is 228 g/mol. The highest BCUT2D eigenvalue weighted by atomic mass is 35.5. The SMILES string of the molecule is COC(=O)C(C)N(C)c1cc(Cl)ccc1N. The number of nitrogens with zero attached hydrogens (tertiary/aromatic N) is 1. The lowest BCUT2D eigenvalue weighted by atomic mass is 10.2. The van der Waals surface area contributed by atoms with Crippen molar-refractivity contribution in [3.8, 4) is 0 Å². The fourth-order valence-corrected chi connectivity index (χ4v) is 1.53. The van der Waals surface area contributed by atoms with Crippen molar-refractivity contribution in [1.82, 2.24) is 0 Å². The van der Waals surface area contributed by atoms with Crippen LogP contribution in [-0.4, -0.2) is 26.2 Å². The number of nitrogens with two attached hydrogens (primary N) is 1. The van der Waals surface area contributed by atoms with Crippen LogP contribution in [0, 0.1) is 0 Å². The van der Waals surface area contributed by atoms with E-state index in [0.717, 1.165) is 0 Å². The summed E-state index contributed by atoms with van der Waals surface area (Å²) in [6, 6.07) is 4.72. The third-order valence-electron chi connectivity index (χ3n) is 2.50. The molecule has 1 aromatic carbocycles. The number of anilines is 2. The van der Waals surface area contributed by atoms with E-state index < -0.39 is 6.04 Å². The van der Waals surface area contributed by atoms with Gasteiger partial charge in [0.25, 0.3) is 0 Å². The molecule has 0 radical (unpaired) electrons. The molecule has 5 heteroatoms. The number of methoxy groups -OCH3 is 1. The molecule has 0 saturated heterocycles. The van der Waals surface area contributed by atoms with Gasteiger partial charge >= 0.3 is 5.97 Å². The number of esters is 1. The first kappa shape index (κ1) is 12.6. The minimum Gasteiger partial charge on any atom is -0.467 e. The van der Waals surface area contributed by atoms with Crippen LogP contribution in [0.4, 0.5) is 11.4 Å². The predicted octanol–water partition coefficient (Wildman–Crippen LogP) is 1.92. The van der Waals surface area contributed by atoms with Gasteiger partial charge < -0.3 is 15.4 Å². The lowest BCUT2D eigenvalue weighted by Crippen LogP contribution is -2.37. The smallest absolute Gasteiger partial charge is 0.328 e. The lowest BCUT2D eigenvalue weighted by molar-refractivity contribution is -0.141. The summed E-state index contributed by atoms with van der Waals surface area (Å²) in [4.78, 5) is 13.1. The molecule has 2 N–H and O–H groups in total. The average Bonchev–Trinajstić information content (AvgIpc) is 2.29. The Kier molecular flexibility index (Phi) is 4.01. The Bertz CT molecular complexity index is 396. The molecule has 0 spiro atoms. The highest BCUT2D eigenvalue weighted by Gasteiger charge is 2.20. The van der Waals surface area contributed by atoms with Gasteiger partial charge in [-0.15, -0.1) is 0 Å². The van der Waals surface area contributed by atoms with Gasteiger partial charge in [-0.25, -0.2) is 4.79 Å². The van der Waals surface area contributed by atoms with E-state index in [9.17, 15) is 4.79 Å². The number of carbonyl (C=O) groups excluding carboxylic acids is 1. The van der Waals surface area contributed by atoms with E-state index in [-0.39, 0.29) is 5.97 Å². The second kappa shape index (κ2) is 5.07. The minimum absolute atomic E-state index is 0.318. The molecule has 0 amide bonds. The van der Waals surface area contributed by atoms with Gasteiger partial charge in [0.05, 0.1) is 18.5 Å². The number of likely N-dealkylation sites (N-methyl/N-ethyl adjacent to an activating group) is 1.